The van der Waals surface area contributed by atoms with E-state index >= 15 is 0 Å². The summed E-state index contributed by atoms with van der Waals surface area (Å²) in [6.45, 7) is 1.15. The van der Waals surface area contributed by atoms with Gasteiger partial charge in [0.25, 0.3) is 0 Å². The highest BCUT2D eigenvalue weighted by Crippen LogP contribution is 2.27. The van der Waals surface area contributed by atoms with Crippen molar-refractivity contribution in [2.24, 2.45) is 5.92 Å². The molecule has 0 aromatic heterocycles. The summed E-state index contributed by atoms with van der Waals surface area (Å²) in [5, 5.41) is -0.502. The molecule has 1 aromatic rings. The maximum atomic E-state index is 12.5. The quantitative estimate of drug-likeness (QED) is 0.605. The Labute approximate surface area is 160 Å². The SMILES string of the molecule is CC(C)CS(=O)(=O)C1CN(C(=O)CCc2cc(Br)ccc2OC(F)F)C1. The predicted octanol–water partition coefficient (Wildman–Crippen LogP) is 3.26. The zero-order valence-corrected chi connectivity index (χ0v) is 17.0. The van der Waals surface area contributed by atoms with Crippen LogP contribution in [0.15, 0.2) is 22.7 Å². The Hall–Kier alpha value is -1.22. The van der Waals surface area contributed by atoms with Crippen molar-refractivity contribution in [2.75, 3.05) is 18.8 Å². The molecule has 0 N–H and O–H groups in total. The highest BCUT2D eigenvalue weighted by Gasteiger charge is 2.39. The number of hydrogen-bond donors (Lipinski definition) is 0. The van der Waals surface area contributed by atoms with Gasteiger partial charge in [-0.1, -0.05) is 29.8 Å². The lowest BCUT2D eigenvalue weighted by atomic mass is 10.1. The van der Waals surface area contributed by atoms with Crippen molar-refractivity contribution < 1.29 is 26.7 Å². The lowest BCUT2D eigenvalue weighted by Gasteiger charge is -2.39. The van der Waals surface area contributed by atoms with Gasteiger partial charge in [0.1, 0.15) is 5.75 Å². The van der Waals surface area contributed by atoms with Crippen LogP contribution in [0, 0.1) is 5.92 Å². The number of benzene rings is 1. The van der Waals surface area contributed by atoms with Crippen LogP contribution in [0.1, 0.15) is 25.8 Å². The highest BCUT2D eigenvalue weighted by atomic mass is 79.9. The number of alkyl halides is 2. The van der Waals surface area contributed by atoms with Crippen LogP contribution in [-0.4, -0.2) is 49.9 Å². The van der Waals surface area contributed by atoms with Crippen LogP contribution in [0.2, 0.25) is 0 Å². The van der Waals surface area contributed by atoms with Gasteiger partial charge in [-0.3, -0.25) is 4.79 Å². The second-order valence-corrected chi connectivity index (χ2v) is 10.0. The van der Waals surface area contributed by atoms with E-state index in [4.69, 9.17) is 0 Å². The summed E-state index contributed by atoms with van der Waals surface area (Å²) in [5.74, 6) is 0.0157. The van der Waals surface area contributed by atoms with Gasteiger partial charge in [-0.15, -0.1) is 0 Å². The fraction of sp³-hybridized carbons (Fsp3) is 0.588. The van der Waals surface area contributed by atoms with Crippen molar-refractivity contribution in [1.29, 1.82) is 0 Å². The van der Waals surface area contributed by atoms with E-state index in [1.165, 1.54) is 11.0 Å². The molecule has 1 saturated heterocycles. The molecule has 26 heavy (non-hydrogen) atoms. The molecule has 5 nitrogen and oxygen atoms in total. The van der Waals surface area contributed by atoms with Crippen molar-refractivity contribution >= 4 is 31.7 Å². The summed E-state index contributed by atoms with van der Waals surface area (Å²) in [4.78, 5) is 13.7. The monoisotopic (exact) mass is 453 g/mol. The summed E-state index contributed by atoms with van der Waals surface area (Å²) in [7, 11) is -3.19. The summed E-state index contributed by atoms with van der Waals surface area (Å²) >= 11 is 3.27. The van der Waals surface area contributed by atoms with Crippen molar-refractivity contribution in [3.05, 3.63) is 28.2 Å². The Balaban J connectivity index is 1.90. The number of ether oxygens (including phenoxy) is 1. The standard InChI is InChI=1S/C17H22BrF2NO4S/c1-11(2)10-26(23,24)14-8-21(9-14)16(22)6-3-12-7-13(18)4-5-15(12)25-17(19)20/h4-5,7,11,14,17H,3,6,8-10H2,1-2H3. The normalized spacial score (nSPS) is 15.4. The topological polar surface area (TPSA) is 63.7 Å². The Morgan fingerprint density at radius 1 is 1.35 bits per heavy atom. The molecular weight excluding hydrogens is 432 g/mol. The zero-order chi connectivity index (χ0) is 19.5. The Morgan fingerprint density at radius 2 is 2.00 bits per heavy atom. The summed E-state index contributed by atoms with van der Waals surface area (Å²) < 4.78 is 54.4. The van der Waals surface area contributed by atoms with Gasteiger partial charge in [0.2, 0.25) is 5.91 Å². The fourth-order valence-electron chi connectivity index (χ4n) is 2.82. The van der Waals surface area contributed by atoms with Crippen molar-refractivity contribution in [1.82, 2.24) is 4.90 Å². The minimum atomic E-state index is -3.19. The first kappa shape index (κ1) is 21.1. The van der Waals surface area contributed by atoms with Crippen LogP contribution in [0.5, 0.6) is 5.75 Å². The van der Waals surface area contributed by atoms with Gasteiger partial charge >= 0.3 is 6.61 Å². The van der Waals surface area contributed by atoms with Gasteiger partial charge in [0.05, 0.1) is 11.0 Å². The highest BCUT2D eigenvalue weighted by molar-refractivity contribution is 9.10. The zero-order valence-electron chi connectivity index (χ0n) is 14.6. The largest absolute Gasteiger partial charge is 0.435 e. The van der Waals surface area contributed by atoms with Gasteiger partial charge in [-0.25, -0.2) is 8.42 Å². The van der Waals surface area contributed by atoms with Gasteiger partial charge in [0.15, 0.2) is 9.84 Å². The summed E-state index contributed by atoms with van der Waals surface area (Å²) in [5.41, 5.74) is 0.498. The van der Waals surface area contributed by atoms with Crippen molar-refractivity contribution in [3.63, 3.8) is 0 Å². The van der Waals surface area contributed by atoms with E-state index in [0.29, 0.717) is 10.0 Å². The van der Waals surface area contributed by atoms with Crippen LogP contribution in [0.3, 0.4) is 0 Å². The van der Waals surface area contributed by atoms with Crippen LogP contribution >= 0.6 is 15.9 Å². The molecule has 146 valence electrons. The van der Waals surface area contributed by atoms with E-state index in [9.17, 15) is 22.0 Å². The van der Waals surface area contributed by atoms with E-state index < -0.39 is 21.7 Å². The third-order valence-corrected chi connectivity index (χ3v) is 7.06. The molecule has 0 aliphatic carbocycles. The number of halogens is 3. The molecule has 1 fully saturated rings. The lowest BCUT2D eigenvalue weighted by Crippen LogP contribution is -2.57. The first-order valence-corrected chi connectivity index (χ1v) is 10.8. The summed E-state index contributed by atoms with van der Waals surface area (Å²) in [6, 6.07) is 4.65. The predicted molar refractivity (Wildman–Crippen MR) is 98.1 cm³/mol. The number of likely N-dealkylation sites (tertiary alicyclic amines) is 1. The van der Waals surface area contributed by atoms with Crippen LogP contribution in [-0.2, 0) is 21.1 Å². The van der Waals surface area contributed by atoms with E-state index in [1.807, 2.05) is 13.8 Å². The second kappa shape index (κ2) is 8.65. The molecule has 1 aromatic carbocycles. The number of aryl methyl sites for hydroxylation is 1. The molecule has 0 atom stereocenters. The van der Waals surface area contributed by atoms with E-state index in [0.717, 1.165) is 0 Å². The van der Waals surface area contributed by atoms with E-state index in [1.54, 1.807) is 12.1 Å². The third kappa shape index (κ3) is 5.64. The van der Waals surface area contributed by atoms with Gasteiger partial charge in [0, 0.05) is 24.0 Å². The van der Waals surface area contributed by atoms with Gasteiger partial charge < -0.3 is 9.64 Å². The lowest BCUT2D eigenvalue weighted by molar-refractivity contribution is -0.134. The van der Waals surface area contributed by atoms with Gasteiger partial charge in [-0.05, 0) is 36.1 Å². The van der Waals surface area contributed by atoms with Crippen LogP contribution in [0.4, 0.5) is 8.78 Å². The van der Waals surface area contributed by atoms with Crippen LogP contribution in [0.25, 0.3) is 0 Å². The number of rotatable bonds is 8. The maximum absolute atomic E-state index is 12.5. The molecule has 2 rings (SSSR count). The molecule has 0 bridgehead atoms. The molecule has 0 spiro atoms. The number of carbonyl (C=O) groups is 1. The number of carbonyl (C=O) groups excluding carboxylic acids is 1. The fourth-order valence-corrected chi connectivity index (χ4v) is 5.25. The number of nitrogens with zero attached hydrogens (tertiary/aromatic N) is 1. The second-order valence-electron chi connectivity index (χ2n) is 6.77. The minimum absolute atomic E-state index is 0.0389. The number of amides is 1. The summed E-state index contributed by atoms with van der Waals surface area (Å²) in [6.07, 6.45) is 0.341. The Kier molecular flexibility index (Phi) is 7.01. The average molecular weight is 454 g/mol. The molecule has 1 aliphatic rings. The first-order chi connectivity index (χ1) is 12.1. The smallest absolute Gasteiger partial charge is 0.387 e. The third-order valence-electron chi connectivity index (χ3n) is 4.12. The van der Waals surface area contributed by atoms with Crippen molar-refractivity contribution in [3.8, 4) is 5.75 Å². The van der Waals surface area contributed by atoms with E-state index in [-0.39, 0.29) is 49.3 Å². The van der Waals surface area contributed by atoms with E-state index in [2.05, 4.69) is 20.7 Å². The minimum Gasteiger partial charge on any atom is -0.435 e. The molecule has 0 radical (unpaired) electrons. The Bertz CT molecular complexity index is 749. The first-order valence-electron chi connectivity index (χ1n) is 8.31. The van der Waals surface area contributed by atoms with Gasteiger partial charge in [-0.2, -0.15) is 8.78 Å². The molecule has 0 unspecified atom stereocenters. The molecule has 1 aliphatic heterocycles. The maximum Gasteiger partial charge on any atom is 0.387 e. The van der Waals surface area contributed by atoms with Crippen molar-refractivity contribution in [2.45, 2.75) is 38.6 Å². The number of hydrogen-bond acceptors (Lipinski definition) is 4. The molecular formula is C17H22BrF2NO4S. The molecule has 1 heterocycles. The number of sulfone groups is 1. The van der Waals surface area contributed by atoms with Crippen LogP contribution < -0.4 is 4.74 Å². The average Bonchev–Trinajstić information content (AvgIpc) is 2.43. The molecule has 9 heteroatoms. The Morgan fingerprint density at radius 3 is 2.58 bits per heavy atom. The molecule has 0 saturated carbocycles. The molecule has 1 amide bonds.